The molecule has 0 aliphatic rings. The molecule has 2 N–H and O–H groups in total. The molecule has 0 radical (unpaired) electrons. The average molecular weight is 546 g/mol. The Kier molecular flexibility index (Phi) is 9.95. The number of carbonyl (C=O) groups excluding carboxylic acids is 2. The lowest BCUT2D eigenvalue weighted by atomic mass is 10.1. The molecule has 1 atom stereocenters. The molecule has 3 aromatic carbocycles. The molecule has 38 heavy (non-hydrogen) atoms. The summed E-state index contributed by atoms with van der Waals surface area (Å²) >= 11 is 2.85. The van der Waals surface area contributed by atoms with E-state index < -0.39 is 5.25 Å². The Balaban J connectivity index is 1.45. The van der Waals surface area contributed by atoms with E-state index in [0.717, 1.165) is 46.0 Å². The number of amides is 2. The lowest BCUT2D eigenvalue weighted by Crippen LogP contribution is -2.19. The van der Waals surface area contributed by atoms with E-state index in [1.165, 1.54) is 23.1 Å². The minimum Gasteiger partial charge on any atom is -0.494 e. The Morgan fingerprint density at radius 3 is 2.37 bits per heavy atom. The number of thioether (sulfide) groups is 1. The molecule has 0 aliphatic carbocycles. The van der Waals surface area contributed by atoms with Crippen molar-refractivity contribution in [3.8, 4) is 17.0 Å². The smallest absolute Gasteiger partial charge is 0.244 e. The van der Waals surface area contributed by atoms with Gasteiger partial charge in [-0.1, -0.05) is 43.7 Å². The van der Waals surface area contributed by atoms with E-state index in [1.807, 2.05) is 91.2 Å². The molecule has 4 rings (SSSR count). The first kappa shape index (κ1) is 27.4. The van der Waals surface area contributed by atoms with Crippen molar-refractivity contribution < 1.29 is 14.3 Å². The van der Waals surface area contributed by atoms with E-state index in [-0.39, 0.29) is 11.8 Å². The fourth-order valence-corrected chi connectivity index (χ4v) is 5.48. The van der Waals surface area contributed by atoms with Crippen LogP contribution < -0.4 is 15.4 Å². The number of aromatic nitrogens is 1. The van der Waals surface area contributed by atoms with Gasteiger partial charge in [0, 0.05) is 27.9 Å². The highest BCUT2D eigenvalue weighted by Gasteiger charge is 2.23. The molecule has 0 aliphatic heterocycles. The van der Waals surface area contributed by atoms with Crippen LogP contribution in [0.1, 0.15) is 43.9 Å². The molecule has 0 bridgehead atoms. The first-order valence-corrected chi connectivity index (χ1v) is 14.4. The minimum absolute atomic E-state index is 0.0156. The van der Waals surface area contributed by atoms with Crippen LogP contribution in [-0.4, -0.2) is 23.4 Å². The minimum atomic E-state index is -0.473. The van der Waals surface area contributed by atoms with Gasteiger partial charge in [-0.05, 0) is 67.4 Å². The number of unbranched alkanes of at least 4 members (excludes halogenated alkanes) is 1. The number of nitrogens with zero attached hydrogens (tertiary/aromatic N) is 1. The highest BCUT2D eigenvalue weighted by atomic mass is 32.2. The average Bonchev–Trinajstić information content (AvgIpc) is 3.41. The summed E-state index contributed by atoms with van der Waals surface area (Å²) in [5, 5.41) is 7.94. The van der Waals surface area contributed by atoms with E-state index in [4.69, 9.17) is 4.74 Å². The van der Waals surface area contributed by atoms with Gasteiger partial charge >= 0.3 is 0 Å². The van der Waals surface area contributed by atoms with Crippen LogP contribution in [0, 0.1) is 0 Å². The predicted octanol–water partition coefficient (Wildman–Crippen LogP) is 7.81. The van der Waals surface area contributed by atoms with Crippen molar-refractivity contribution in [3.05, 3.63) is 89.8 Å². The number of anilines is 2. The zero-order valence-corrected chi connectivity index (χ0v) is 23.1. The zero-order chi connectivity index (χ0) is 26.7. The third-order valence-electron chi connectivity index (χ3n) is 5.69. The zero-order valence-electron chi connectivity index (χ0n) is 21.5. The van der Waals surface area contributed by atoms with E-state index in [2.05, 4.69) is 22.5 Å². The molecule has 0 spiro atoms. The Bertz CT molecular complexity index is 1320. The highest BCUT2D eigenvalue weighted by Crippen LogP contribution is 2.37. The number of ether oxygens (including phenoxy) is 1. The van der Waals surface area contributed by atoms with Gasteiger partial charge in [-0.2, -0.15) is 0 Å². The molecule has 2 amide bonds. The van der Waals surface area contributed by atoms with Crippen molar-refractivity contribution in [2.45, 2.75) is 43.3 Å². The second kappa shape index (κ2) is 13.8. The maximum absolute atomic E-state index is 13.5. The van der Waals surface area contributed by atoms with Crippen LogP contribution in [0.3, 0.4) is 0 Å². The lowest BCUT2D eigenvalue weighted by Gasteiger charge is -2.16. The molecule has 196 valence electrons. The van der Waals surface area contributed by atoms with Gasteiger partial charge in [0.25, 0.3) is 0 Å². The van der Waals surface area contributed by atoms with Crippen molar-refractivity contribution in [1.82, 2.24) is 4.98 Å². The van der Waals surface area contributed by atoms with Crippen molar-refractivity contribution >= 4 is 45.7 Å². The molecular formula is C30H31N3O3S2. The molecule has 0 saturated carbocycles. The monoisotopic (exact) mass is 545 g/mol. The van der Waals surface area contributed by atoms with Crippen LogP contribution in [0.4, 0.5) is 10.8 Å². The number of carbonyl (C=O) groups is 2. The number of hydrogen-bond donors (Lipinski definition) is 2. The molecule has 6 nitrogen and oxygen atoms in total. The van der Waals surface area contributed by atoms with Crippen LogP contribution in [0.2, 0.25) is 0 Å². The Hall–Kier alpha value is -3.62. The van der Waals surface area contributed by atoms with Crippen LogP contribution in [0.5, 0.6) is 5.75 Å². The standard InChI is InChI=1S/C30H31N3O3S2/c1-3-5-11-27(34)31-23-14-18-25(19-15-23)38-28(22-9-7-6-8-10-22)29(35)33-30-32-26(20-37-30)21-12-16-24(17-13-21)36-4-2/h6-10,12-20,28H,3-5,11H2,1-2H3,(H,31,34)(H,32,33,35). The number of nitrogens with one attached hydrogen (secondary N) is 2. The van der Waals surface area contributed by atoms with Gasteiger partial charge < -0.3 is 15.4 Å². The largest absolute Gasteiger partial charge is 0.494 e. The summed E-state index contributed by atoms with van der Waals surface area (Å²) in [6.45, 7) is 4.63. The SMILES string of the molecule is CCCCC(=O)Nc1ccc(SC(C(=O)Nc2nc(-c3ccc(OCC)cc3)cs2)c2ccccc2)cc1. The number of benzene rings is 3. The summed E-state index contributed by atoms with van der Waals surface area (Å²) in [7, 11) is 0. The first-order valence-electron chi connectivity index (χ1n) is 12.7. The van der Waals surface area contributed by atoms with Crippen molar-refractivity contribution in [2.24, 2.45) is 0 Å². The summed E-state index contributed by atoms with van der Waals surface area (Å²) < 4.78 is 5.51. The first-order chi connectivity index (χ1) is 18.6. The van der Waals surface area contributed by atoms with Gasteiger partial charge in [0.1, 0.15) is 11.0 Å². The topological polar surface area (TPSA) is 80.3 Å². The quantitative estimate of drug-likeness (QED) is 0.178. The van der Waals surface area contributed by atoms with Gasteiger partial charge in [-0.15, -0.1) is 23.1 Å². The maximum Gasteiger partial charge on any atom is 0.244 e. The van der Waals surface area contributed by atoms with Crippen molar-refractivity contribution in [3.63, 3.8) is 0 Å². The van der Waals surface area contributed by atoms with E-state index in [1.54, 1.807) is 0 Å². The summed E-state index contributed by atoms with van der Waals surface area (Å²) in [6, 6.07) is 25.1. The summed E-state index contributed by atoms with van der Waals surface area (Å²) in [4.78, 5) is 31.1. The normalized spacial score (nSPS) is 11.5. The fraction of sp³-hybridized carbons (Fsp3) is 0.233. The second-order valence-corrected chi connectivity index (χ2v) is 10.6. The Labute approximate surface area is 231 Å². The Morgan fingerprint density at radius 2 is 1.68 bits per heavy atom. The third-order valence-corrected chi connectivity index (χ3v) is 7.71. The van der Waals surface area contributed by atoms with Gasteiger partial charge in [0.15, 0.2) is 5.13 Å². The van der Waals surface area contributed by atoms with Crippen molar-refractivity contribution in [2.75, 3.05) is 17.2 Å². The lowest BCUT2D eigenvalue weighted by molar-refractivity contribution is -0.116. The van der Waals surface area contributed by atoms with Gasteiger partial charge in [0.05, 0.1) is 12.3 Å². The molecule has 0 saturated heterocycles. The van der Waals surface area contributed by atoms with E-state index in [9.17, 15) is 9.59 Å². The summed E-state index contributed by atoms with van der Waals surface area (Å²) in [6.07, 6.45) is 2.37. The molecule has 1 heterocycles. The maximum atomic E-state index is 13.5. The van der Waals surface area contributed by atoms with Crippen LogP contribution in [0.15, 0.2) is 89.1 Å². The van der Waals surface area contributed by atoms with Gasteiger partial charge in [0.2, 0.25) is 11.8 Å². The molecule has 8 heteroatoms. The van der Waals surface area contributed by atoms with Gasteiger partial charge in [-0.25, -0.2) is 4.98 Å². The number of hydrogen-bond acceptors (Lipinski definition) is 6. The number of thiazole rings is 1. The van der Waals surface area contributed by atoms with Gasteiger partial charge in [-0.3, -0.25) is 9.59 Å². The number of rotatable bonds is 12. The highest BCUT2D eigenvalue weighted by molar-refractivity contribution is 8.00. The summed E-state index contributed by atoms with van der Waals surface area (Å²) in [5.74, 6) is 0.683. The summed E-state index contributed by atoms with van der Waals surface area (Å²) in [5.41, 5.74) is 3.41. The van der Waals surface area contributed by atoms with Crippen LogP contribution in [-0.2, 0) is 9.59 Å². The van der Waals surface area contributed by atoms with Crippen LogP contribution in [0.25, 0.3) is 11.3 Å². The predicted molar refractivity (Wildman–Crippen MR) is 157 cm³/mol. The van der Waals surface area contributed by atoms with E-state index in [0.29, 0.717) is 18.2 Å². The molecule has 0 fully saturated rings. The van der Waals surface area contributed by atoms with E-state index >= 15 is 0 Å². The fourth-order valence-electron chi connectivity index (χ4n) is 3.74. The molecule has 1 unspecified atom stereocenters. The Morgan fingerprint density at radius 1 is 0.947 bits per heavy atom. The van der Waals surface area contributed by atoms with Crippen LogP contribution >= 0.6 is 23.1 Å². The molecule has 4 aromatic rings. The third kappa shape index (κ3) is 7.69. The second-order valence-electron chi connectivity index (χ2n) is 8.57. The van der Waals surface area contributed by atoms with Crippen molar-refractivity contribution in [1.29, 1.82) is 0 Å². The molecular weight excluding hydrogens is 514 g/mol. The molecule has 1 aromatic heterocycles.